The van der Waals surface area contributed by atoms with E-state index in [1.54, 1.807) is 12.6 Å². The minimum atomic E-state index is -0.0213. The van der Waals surface area contributed by atoms with Crippen LogP contribution in [0.4, 0.5) is 5.13 Å². The molecule has 0 aromatic carbocycles. The van der Waals surface area contributed by atoms with E-state index in [1.165, 1.54) is 11.3 Å². The number of amides is 1. The van der Waals surface area contributed by atoms with Crippen molar-refractivity contribution in [1.29, 1.82) is 0 Å². The molecule has 118 valence electrons. The molecule has 1 unspecified atom stereocenters. The molecule has 7 nitrogen and oxygen atoms in total. The molecule has 1 aliphatic heterocycles. The molecule has 1 atom stereocenters. The van der Waals surface area contributed by atoms with Crippen LogP contribution in [0.15, 0.2) is 5.51 Å². The highest BCUT2D eigenvalue weighted by molar-refractivity contribution is 7.13. The predicted molar refractivity (Wildman–Crippen MR) is 82.5 cm³/mol. The molecule has 0 radical (unpaired) electrons. The van der Waals surface area contributed by atoms with E-state index >= 15 is 0 Å². The maximum atomic E-state index is 12.0. The van der Waals surface area contributed by atoms with Gasteiger partial charge in [0.1, 0.15) is 5.51 Å². The van der Waals surface area contributed by atoms with Gasteiger partial charge in [0.2, 0.25) is 11.0 Å². The van der Waals surface area contributed by atoms with Gasteiger partial charge in [-0.05, 0) is 6.42 Å². The number of hydrogen-bond acceptors (Lipinski definition) is 7. The number of piperazine rings is 1. The van der Waals surface area contributed by atoms with Crippen LogP contribution in [-0.4, -0.2) is 78.4 Å². The normalized spacial score (nSPS) is 20.6. The average molecular weight is 313 g/mol. The highest BCUT2D eigenvalue weighted by atomic mass is 32.1. The zero-order chi connectivity index (χ0) is 15.1. The number of aromatic nitrogens is 2. The quantitative estimate of drug-likeness (QED) is 0.791. The Bertz CT molecular complexity index is 428. The average Bonchev–Trinajstić information content (AvgIpc) is 2.98. The van der Waals surface area contributed by atoms with Crippen LogP contribution >= 0.6 is 11.3 Å². The molecular formula is C13H23N5O2S. The van der Waals surface area contributed by atoms with Gasteiger partial charge in [-0.3, -0.25) is 19.9 Å². The molecule has 1 amide bonds. The van der Waals surface area contributed by atoms with Crippen molar-refractivity contribution >= 4 is 22.4 Å². The Balaban J connectivity index is 1.78. The maximum Gasteiger partial charge on any atom is 0.240 e. The third kappa shape index (κ3) is 4.99. The van der Waals surface area contributed by atoms with Crippen LogP contribution in [-0.2, 0) is 9.53 Å². The Labute approximate surface area is 129 Å². The molecule has 1 N–H and O–H groups in total. The van der Waals surface area contributed by atoms with E-state index in [0.29, 0.717) is 17.7 Å². The number of carbonyl (C=O) groups excluding carboxylic acids is 1. The molecule has 1 fully saturated rings. The zero-order valence-corrected chi connectivity index (χ0v) is 13.4. The van der Waals surface area contributed by atoms with Gasteiger partial charge in [0.15, 0.2) is 0 Å². The lowest BCUT2D eigenvalue weighted by Gasteiger charge is -2.40. The lowest BCUT2D eigenvalue weighted by molar-refractivity contribution is -0.118. The van der Waals surface area contributed by atoms with Crippen LogP contribution in [0.1, 0.15) is 13.3 Å². The van der Waals surface area contributed by atoms with Crippen LogP contribution in [0.3, 0.4) is 0 Å². The van der Waals surface area contributed by atoms with Gasteiger partial charge < -0.3 is 4.74 Å². The van der Waals surface area contributed by atoms with Gasteiger partial charge in [-0.1, -0.05) is 18.3 Å². The van der Waals surface area contributed by atoms with Crippen LogP contribution in [0.5, 0.6) is 0 Å². The predicted octanol–water partition coefficient (Wildman–Crippen LogP) is 0.519. The van der Waals surface area contributed by atoms with Crippen molar-refractivity contribution in [3.05, 3.63) is 5.51 Å². The molecule has 0 bridgehead atoms. The molecule has 1 aromatic rings. The summed E-state index contributed by atoms with van der Waals surface area (Å²) in [4.78, 5) is 16.6. The van der Waals surface area contributed by atoms with E-state index in [-0.39, 0.29) is 5.91 Å². The van der Waals surface area contributed by atoms with Crippen molar-refractivity contribution in [2.24, 2.45) is 0 Å². The van der Waals surface area contributed by atoms with Crippen molar-refractivity contribution < 1.29 is 9.53 Å². The molecule has 8 heteroatoms. The highest BCUT2D eigenvalue weighted by Crippen LogP contribution is 2.13. The number of ether oxygens (including phenoxy) is 1. The summed E-state index contributed by atoms with van der Waals surface area (Å²) in [6, 6.07) is 0.489. The minimum absolute atomic E-state index is 0.0213. The van der Waals surface area contributed by atoms with E-state index in [4.69, 9.17) is 4.74 Å². The fourth-order valence-electron chi connectivity index (χ4n) is 2.58. The summed E-state index contributed by atoms with van der Waals surface area (Å²) in [5.74, 6) is -0.0213. The fourth-order valence-corrected chi connectivity index (χ4v) is 3.04. The van der Waals surface area contributed by atoms with Crippen LogP contribution in [0.25, 0.3) is 0 Å². The fraction of sp³-hybridized carbons (Fsp3) is 0.769. The highest BCUT2D eigenvalue weighted by Gasteiger charge is 2.26. The lowest BCUT2D eigenvalue weighted by atomic mass is 10.1. The van der Waals surface area contributed by atoms with Crippen LogP contribution in [0, 0.1) is 0 Å². The van der Waals surface area contributed by atoms with Crippen molar-refractivity contribution in [2.75, 3.05) is 51.8 Å². The maximum absolute atomic E-state index is 12.0. The first-order valence-electron chi connectivity index (χ1n) is 7.24. The number of nitrogens with zero attached hydrogens (tertiary/aromatic N) is 4. The van der Waals surface area contributed by atoms with Gasteiger partial charge >= 0.3 is 0 Å². The van der Waals surface area contributed by atoms with Crippen molar-refractivity contribution in [2.45, 2.75) is 19.4 Å². The van der Waals surface area contributed by atoms with E-state index < -0.39 is 0 Å². The summed E-state index contributed by atoms with van der Waals surface area (Å²) < 4.78 is 5.16. The first-order valence-corrected chi connectivity index (χ1v) is 8.12. The summed E-state index contributed by atoms with van der Waals surface area (Å²) >= 11 is 1.33. The summed E-state index contributed by atoms with van der Waals surface area (Å²) in [6.07, 6.45) is 1.08. The topological polar surface area (TPSA) is 70.6 Å². The number of nitrogens with one attached hydrogen (secondary N) is 1. The first kappa shape index (κ1) is 16.3. The van der Waals surface area contributed by atoms with Crippen molar-refractivity contribution in [3.8, 4) is 0 Å². The van der Waals surface area contributed by atoms with Crippen molar-refractivity contribution in [1.82, 2.24) is 20.0 Å². The van der Waals surface area contributed by atoms with E-state index in [2.05, 4.69) is 32.2 Å². The van der Waals surface area contributed by atoms with E-state index in [9.17, 15) is 4.79 Å². The largest absolute Gasteiger partial charge is 0.383 e. The monoisotopic (exact) mass is 313 g/mol. The molecule has 2 rings (SSSR count). The number of anilines is 1. The van der Waals surface area contributed by atoms with Gasteiger partial charge in [-0.2, -0.15) is 0 Å². The summed E-state index contributed by atoms with van der Waals surface area (Å²) in [5, 5.41) is 10.9. The Morgan fingerprint density at radius 1 is 1.57 bits per heavy atom. The van der Waals surface area contributed by atoms with E-state index in [0.717, 1.165) is 39.2 Å². The SMILES string of the molecule is CCC1CN(CC(=O)Nc2nncs2)CCN1CCOC. The third-order valence-corrected chi connectivity index (χ3v) is 4.32. The Kier molecular flexibility index (Phi) is 6.50. The number of hydrogen-bond donors (Lipinski definition) is 1. The molecule has 0 aliphatic carbocycles. The molecule has 1 aromatic heterocycles. The summed E-state index contributed by atoms with van der Waals surface area (Å²) in [6.45, 7) is 7.12. The molecule has 0 saturated carbocycles. The van der Waals surface area contributed by atoms with Gasteiger partial charge in [0.05, 0.1) is 13.2 Å². The van der Waals surface area contributed by atoms with E-state index in [1.807, 2.05) is 0 Å². The Morgan fingerprint density at radius 3 is 3.10 bits per heavy atom. The lowest BCUT2D eigenvalue weighted by Crippen LogP contribution is -2.54. The molecule has 2 heterocycles. The second-order valence-corrected chi connectivity index (χ2v) is 5.95. The number of methoxy groups -OCH3 is 1. The first-order chi connectivity index (χ1) is 10.2. The van der Waals surface area contributed by atoms with Crippen molar-refractivity contribution in [3.63, 3.8) is 0 Å². The van der Waals surface area contributed by atoms with Gasteiger partial charge in [0, 0.05) is 39.3 Å². The summed E-state index contributed by atoms with van der Waals surface area (Å²) in [5.41, 5.74) is 1.61. The smallest absolute Gasteiger partial charge is 0.240 e. The molecule has 0 spiro atoms. The standard InChI is InChI=1S/C13H23N5O2S/c1-3-11-8-17(4-5-18(11)6-7-20-2)9-12(19)15-13-16-14-10-21-13/h10-11H,3-9H2,1-2H3,(H,15,16,19). The second-order valence-electron chi connectivity index (χ2n) is 5.12. The zero-order valence-electron chi connectivity index (χ0n) is 12.6. The van der Waals surface area contributed by atoms with Gasteiger partial charge in [0.25, 0.3) is 0 Å². The Hall–Kier alpha value is -1.09. The van der Waals surface area contributed by atoms with Gasteiger partial charge in [-0.15, -0.1) is 10.2 Å². The van der Waals surface area contributed by atoms with Crippen LogP contribution in [0.2, 0.25) is 0 Å². The minimum Gasteiger partial charge on any atom is -0.383 e. The third-order valence-electron chi connectivity index (χ3n) is 3.72. The number of rotatable bonds is 7. The molecule has 1 aliphatic rings. The molecule has 1 saturated heterocycles. The molecule has 21 heavy (non-hydrogen) atoms. The Morgan fingerprint density at radius 2 is 2.43 bits per heavy atom. The van der Waals surface area contributed by atoms with Crippen LogP contribution < -0.4 is 5.32 Å². The molecular weight excluding hydrogens is 290 g/mol. The second kappa shape index (κ2) is 8.38. The number of carbonyl (C=O) groups is 1. The van der Waals surface area contributed by atoms with Gasteiger partial charge in [-0.25, -0.2) is 0 Å². The summed E-state index contributed by atoms with van der Waals surface area (Å²) in [7, 11) is 1.73.